The molecule has 3 N–H and O–H groups in total. The van der Waals surface area contributed by atoms with Gasteiger partial charge in [-0.15, -0.1) is 0 Å². The van der Waals surface area contributed by atoms with Crippen molar-refractivity contribution in [1.82, 2.24) is 5.32 Å². The topological polar surface area (TPSA) is 71.0 Å². The van der Waals surface area contributed by atoms with Crippen molar-refractivity contribution in [3.63, 3.8) is 0 Å². The molecule has 5 nitrogen and oxygen atoms in total. The fourth-order valence-electron chi connectivity index (χ4n) is 1.79. The summed E-state index contributed by atoms with van der Waals surface area (Å²) in [5, 5.41) is 22.0. The van der Waals surface area contributed by atoms with Crippen molar-refractivity contribution in [2.45, 2.75) is 30.6 Å². The zero-order valence-corrected chi connectivity index (χ0v) is 6.80. The molecular weight excluding hydrogens is 162 g/mol. The Morgan fingerprint density at radius 3 is 2.83 bits per heavy atom. The number of hydrogen-bond acceptors (Lipinski definition) is 5. The van der Waals surface area contributed by atoms with E-state index in [2.05, 4.69) is 5.32 Å². The first-order valence-electron chi connectivity index (χ1n) is 4.02. The third kappa shape index (κ3) is 1.06. The van der Waals surface area contributed by atoms with Crippen molar-refractivity contribution >= 4 is 0 Å². The van der Waals surface area contributed by atoms with E-state index in [0.29, 0.717) is 6.54 Å². The molecule has 2 aliphatic heterocycles. The maximum absolute atomic E-state index is 9.55. The molecule has 2 bridgehead atoms. The van der Waals surface area contributed by atoms with Crippen LogP contribution in [0.25, 0.3) is 0 Å². The van der Waals surface area contributed by atoms with Gasteiger partial charge in [0.05, 0.1) is 12.1 Å². The molecular formula is C7H13NO4. The third-order valence-electron chi connectivity index (χ3n) is 2.49. The molecule has 2 fully saturated rings. The number of fused-ring (bicyclic) bond motifs is 2. The van der Waals surface area contributed by atoms with Gasteiger partial charge >= 0.3 is 0 Å². The van der Waals surface area contributed by atoms with Crippen LogP contribution < -0.4 is 5.32 Å². The first kappa shape index (κ1) is 8.40. The van der Waals surface area contributed by atoms with E-state index in [1.54, 1.807) is 0 Å². The number of rotatable bonds is 1. The summed E-state index contributed by atoms with van der Waals surface area (Å²) in [4.78, 5) is 0. The van der Waals surface area contributed by atoms with Gasteiger partial charge in [0.25, 0.3) is 0 Å². The quantitative estimate of drug-likeness (QED) is 0.432. The van der Waals surface area contributed by atoms with E-state index in [-0.39, 0.29) is 12.1 Å². The summed E-state index contributed by atoms with van der Waals surface area (Å²) in [7, 11) is 1.48. The summed E-state index contributed by atoms with van der Waals surface area (Å²) in [5.74, 6) is 0. The van der Waals surface area contributed by atoms with E-state index in [1.807, 2.05) is 0 Å². The Hall–Kier alpha value is -0.200. The number of nitrogens with one attached hydrogen (secondary N) is 1. The Labute approximate surface area is 70.3 Å². The van der Waals surface area contributed by atoms with Crippen LogP contribution in [-0.2, 0) is 9.47 Å². The minimum Gasteiger partial charge on any atom is -0.389 e. The normalized spacial score (nSPS) is 52.8. The largest absolute Gasteiger partial charge is 0.389 e. The Balaban J connectivity index is 2.12. The number of methoxy groups -OCH3 is 1. The van der Waals surface area contributed by atoms with Crippen LogP contribution in [0.3, 0.4) is 0 Å². The fraction of sp³-hybridized carbons (Fsp3) is 1.00. The van der Waals surface area contributed by atoms with Crippen molar-refractivity contribution < 1.29 is 19.7 Å². The molecule has 2 saturated heterocycles. The predicted molar refractivity (Wildman–Crippen MR) is 39.5 cm³/mol. The maximum atomic E-state index is 9.55. The van der Waals surface area contributed by atoms with Crippen molar-refractivity contribution in [2.75, 3.05) is 13.7 Å². The summed E-state index contributed by atoms with van der Waals surface area (Å²) in [5.41, 5.74) is 0. The average molecular weight is 175 g/mol. The summed E-state index contributed by atoms with van der Waals surface area (Å²) < 4.78 is 10.2. The Morgan fingerprint density at radius 1 is 1.42 bits per heavy atom. The Morgan fingerprint density at radius 2 is 2.17 bits per heavy atom. The SMILES string of the molecule is CO[C@H]1O[C@@H]2CN[C@@H]([C@@H]1O)[C@@H]2O. The predicted octanol–water partition coefficient (Wildman–Crippen LogP) is -1.95. The molecule has 0 amide bonds. The van der Waals surface area contributed by atoms with E-state index in [9.17, 15) is 10.2 Å². The van der Waals surface area contributed by atoms with Crippen LogP contribution in [0, 0.1) is 0 Å². The van der Waals surface area contributed by atoms with Gasteiger partial charge in [-0.05, 0) is 0 Å². The van der Waals surface area contributed by atoms with Gasteiger partial charge in [-0.3, -0.25) is 0 Å². The van der Waals surface area contributed by atoms with Gasteiger partial charge in [0, 0.05) is 13.7 Å². The first-order chi connectivity index (χ1) is 5.74. The first-order valence-corrected chi connectivity index (χ1v) is 4.02. The van der Waals surface area contributed by atoms with Gasteiger partial charge < -0.3 is 25.0 Å². The average Bonchev–Trinajstić information content (AvgIpc) is 2.31. The molecule has 5 atom stereocenters. The highest BCUT2D eigenvalue weighted by atomic mass is 16.7. The lowest BCUT2D eigenvalue weighted by molar-refractivity contribution is -0.245. The summed E-state index contributed by atoms with van der Waals surface area (Å²) >= 11 is 0. The van der Waals surface area contributed by atoms with Gasteiger partial charge in [-0.1, -0.05) is 0 Å². The summed E-state index contributed by atoms with van der Waals surface area (Å²) in [6.07, 6.45) is -2.27. The molecule has 70 valence electrons. The highest BCUT2D eigenvalue weighted by molar-refractivity contribution is 5.00. The van der Waals surface area contributed by atoms with Crippen LogP contribution in [0.2, 0.25) is 0 Å². The molecule has 0 aromatic carbocycles. The molecule has 0 unspecified atom stereocenters. The summed E-state index contributed by atoms with van der Waals surface area (Å²) in [6, 6.07) is -0.311. The zero-order chi connectivity index (χ0) is 8.72. The second-order valence-corrected chi connectivity index (χ2v) is 3.19. The lowest BCUT2D eigenvalue weighted by Gasteiger charge is -2.35. The maximum Gasteiger partial charge on any atom is 0.185 e. The van der Waals surface area contributed by atoms with Crippen molar-refractivity contribution in [3.8, 4) is 0 Å². The molecule has 0 spiro atoms. The van der Waals surface area contributed by atoms with Gasteiger partial charge in [0.15, 0.2) is 6.29 Å². The molecule has 2 aliphatic rings. The number of ether oxygens (including phenoxy) is 2. The van der Waals surface area contributed by atoms with Crippen molar-refractivity contribution in [3.05, 3.63) is 0 Å². The van der Waals surface area contributed by atoms with Crippen LogP contribution in [0.5, 0.6) is 0 Å². The molecule has 2 heterocycles. The molecule has 12 heavy (non-hydrogen) atoms. The van der Waals surface area contributed by atoms with Crippen LogP contribution in [0.15, 0.2) is 0 Å². The minimum atomic E-state index is -0.788. The van der Waals surface area contributed by atoms with Crippen LogP contribution in [0.4, 0.5) is 0 Å². The molecule has 0 aromatic heterocycles. The van der Waals surface area contributed by atoms with E-state index in [4.69, 9.17) is 9.47 Å². The highest BCUT2D eigenvalue weighted by Gasteiger charge is 2.48. The highest BCUT2D eigenvalue weighted by Crippen LogP contribution is 2.25. The number of hydrogen-bond donors (Lipinski definition) is 3. The second-order valence-electron chi connectivity index (χ2n) is 3.19. The Bertz CT molecular complexity index is 177. The van der Waals surface area contributed by atoms with Crippen LogP contribution in [0.1, 0.15) is 0 Å². The van der Waals surface area contributed by atoms with Gasteiger partial charge in [0.1, 0.15) is 12.2 Å². The second kappa shape index (κ2) is 2.93. The van der Waals surface area contributed by atoms with E-state index in [0.717, 1.165) is 0 Å². The molecule has 0 aliphatic carbocycles. The molecule has 5 heteroatoms. The van der Waals surface area contributed by atoms with Crippen LogP contribution >= 0.6 is 0 Å². The summed E-state index contributed by atoms with van der Waals surface area (Å²) in [6.45, 7) is 0.572. The monoisotopic (exact) mass is 175 g/mol. The van der Waals surface area contributed by atoms with Crippen LogP contribution in [-0.4, -0.2) is 54.5 Å². The molecule has 2 rings (SSSR count). The molecule has 0 saturated carbocycles. The molecule has 0 aromatic rings. The van der Waals surface area contributed by atoms with Gasteiger partial charge in [-0.2, -0.15) is 0 Å². The number of aliphatic hydroxyl groups excluding tert-OH is 2. The molecule has 0 radical (unpaired) electrons. The third-order valence-corrected chi connectivity index (χ3v) is 2.49. The van der Waals surface area contributed by atoms with Crippen molar-refractivity contribution in [2.24, 2.45) is 0 Å². The Kier molecular flexibility index (Phi) is 2.05. The van der Waals surface area contributed by atoms with Gasteiger partial charge in [-0.25, -0.2) is 0 Å². The van der Waals surface area contributed by atoms with Crippen molar-refractivity contribution in [1.29, 1.82) is 0 Å². The smallest absolute Gasteiger partial charge is 0.185 e. The lowest BCUT2D eigenvalue weighted by atomic mass is 10.0. The fourth-order valence-corrected chi connectivity index (χ4v) is 1.79. The zero-order valence-electron chi connectivity index (χ0n) is 6.80. The van der Waals surface area contributed by atoms with E-state index < -0.39 is 18.5 Å². The van der Waals surface area contributed by atoms with E-state index in [1.165, 1.54) is 7.11 Å². The lowest BCUT2D eigenvalue weighted by Crippen LogP contribution is -2.55. The van der Waals surface area contributed by atoms with Gasteiger partial charge in [0.2, 0.25) is 0 Å². The standard InChI is InChI=1S/C7H13NO4/c1-11-7-6(10)4-5(9)3(12-7)2-8-4/h3-10H,2H2,1H3/t3-,4-,5-,6+,7+/m1/s1. The minimum absolute atomic E-state index is 0.247. The number of aliphatic hydroxyl groups is 2. The van der Waals surface area contributed by atoms with E-state index >= 15 is 0 Å².